The summed E-state index contributed by atoms with van der Waals surface area (Å²) in [6.07, 6.45) is -3.37. The SMILES string of the molecule is Cc1cc(O)c2c(c1)C(=O)[C@]13C(=C2O)C(=O)[C@@H]2[C@H](O)[C@H]1[C@@H]1[C@@H](O)[C@H]3C(=O)C3=C(O)c4c(O)cc(C)cc4C(=O)[C@]312. The van der Waals surface area contributed by atoms with Crippen molar-refractivity contribution in [2.45, 2.75) is 26.1 Å². The number of phenols is 2. The minimum atomic E-state index is -2.25. The molecule has 0 aromatic heterocycles. The molecular weight excluding hydrogens is 520 g/mol. The van der Waals surface area contributed by atoms with Gasteiger partial charge in [0.1, 0.15) is 23.0 Å². The molecule has 6 aliphatic rings. The molecular formula is C30H22O10. The van der Waals surface area contributed by atoms with E-state index in [0.717, 1.165) is 0 Å². The molecule has 0 heterocycles. The zero-order valence-corrected chi connectivity index (χ0v) is 21.1. The van der Waals surface area contributed by atoms with E-state index in [2.05, 4.69) is 0 Å². The van der Waals surface area contributed by atoms with Crippen LogP contribution in [0.2, 0.25) is 0 Å². The van der Waals surface area contributed by atoms with Crippen LogP contribution >= 0.6 is 0 Å². The van der Waals surface area contributed by atoms with E-state index in [1.54, 1.807) is 13.8 Å². The second kappa shape index (κ2) is 6.54. The largest absolute Gasteiger partial charge is 0.507 e. The fraction of sp³-hybridized carbons (Fsp3) is 0.333. The van der Waals surface area contributed by atoms with Gasteiger partial charge in [-0.3, -0.25) is 19.2 Å². The van der Waals surface area contributed by atoms with Gasteiger partial charge in [-0.05, 0) is 49.2 Å². The highest BCUT2D eigenvalue weighted by atomic mass is 16.3. The predicted molar refractivity (Wildman–Crippen MR) is 134 cm³/mol. The molecule has 202 valence electrons. The number of carbonyl (C=O) groups excluding carboxylic acids is 4. The summed E-state index contributed by atoms with van der Waals surface area (Å²) in [6, 6.07) is 5.37. The Morgan fingerprint density at radius 2 is 0.950 bits per heavy atom. The van der Waals surface area contributed by atoms with E-state index < -0.39 is 104 Å². The predicted octanol–water partition coefficient (Wildman–Crippen LogP) is 1.70. The normalized spacial score (nSPS) is 38.1. The average Bonchev–Trinajstić information content (AvgIpc) is 3.22. The smallest absolute Gasteiger partial charge is 0.175 e. The van der Waals surface area contributed by atoms with Gasteiger partial charge in [-0.25, -0.2) is 0 Å². The molecule has 2 spiro atoms. The lowest BCUT2D eigenvalue weighted by Crippen LogP contribution is -2.65. The molecule has 0 saturated heterocycles. The third-order valence-corrected chi connectivity index (χ3v) is 10.4. The van der Waals surface area contributed by atoms with Gasteiger partial charge in [0.2, 0.25) is 0 Å². The molecule has 0 radical (unpaired) electrons. The molecule has 2 aromatic rings. The van der Waals surface area contributed by atoms with Crippen LogP contribution in [0.4, 0.5) is 0 Å². The minimum absolute atomic E-state index is 0.185. The molecule has 6 aliphatic carbocycles. The lowest BCUT2D eigenvalue weighted by atomic mass is 9.46. The van der Waals surface area contributed by atoms with Crippen LogP contribution in [0.15, 0.2) is 35.4 Å². The van der Waals surface area contributed by atoms with Crippen LogP contribution in [-0.2, 0) is 9.59 Å². The van der Waals surface area contributed by atoms with Gasteiger partial charge in [0, 0.05) is 23.0 Å². The molecule has 10 nitrogen and oxygen atoms in total. The molecule has 2 aromatic carbocycles. The van der Waals surface area contributed by atoms with E-state index in [1.165, 1.54) is 24.3 Å². The summed E-state index contributed by atoms with van der Waals surface area (Å²) < 4.78 is 0. The number of aliphatic hydroxyl groups excluding tert-OH is 4. The van der Waals surface area contributed by atoms with E-state index in [0.29, 0.717) is 11.1 Å². The van der Waals surface area contributed by atoms with E-state index in [4.69, 9.17) is 0 Å². The Kier molecular flexibility index (Phi) is 3.86. The molecule has 0 aliphatic heterocycles. The Labute approximate surface area is 225 Å². The van der Waals surface area contributed by atoms with Gasteiger partial charge in [-0.1, -0.05) is 0 Å². The average molecular weight is 542 g/mol. The van der Waals surface area contributed by atoms with Crippen LogP contribution in [0.25, 0.3) is 11.5 Å². The van der Waals surface area contributed by atoms with Gasteiger partial charge in [0.05, 0.1) is 57.1 Å². The zero-order chi connectivity index (χ0) is 28.5. The number of hydrogen-bond donors (Lipinski definition) is 6. The van der Waals surface area contributed by atoms with E-state index in [1.807, 2.05) is 0 Å². The highest BCUT2D eigenvalue weighted by Crippen LogP contribution is 2.80. The standard InChI is InChI=1S/C30H22O10/c1-7-3-9-13(11(31)5-7)21(33)17-25(37)20-23(35)15-16-24(36)19(29(15,17)27(9)39)26(38)18-22(34)14-10(28(40)30(16,18)20)4-8(2)6-12(14)32/h3-6,15-16,19-20,23-24,31-36H,1-2H3/t15-,16-,19+,20+,23-,24-,29+,30+/m1/s1. The maximum absolute atomic E-state index is 14.5. The second-order valence-electron chi connectivity index (χ2n) is 12.0. The van der Waals surface area contributed by atoms with Gasteiger partial charge in [0.25, 0.3) is 0 Å². The van der Waals surface area contributed by atoms with Crippen LogP contribution in [0.1, 0.15) is 43.0 Å². The molecule has 4 saturated carbocycles. The summed E-state index contributed by atoms with van der Waals surface area (Å²) >= 11 is 0. The van der Waals surface area contributed by atoms with E-state index in [9.17, 15) is 49.8 Å². The summed E-state index contributed by atoms with van der Waals surface area (Å²) in [7, 11) is 0. The van der Waals surface area contributed by atoms with Gasteiger partial charge < -0.3 is 30.6 Å². The van der Waals surface area contributed by atoms with Crippen molar-refractivity contribution in [1.82, 2.24) is 0 Å². The summed E-state index contributed by atoms with van der Waals surface area (Å²) in [5.74, 6) is -12.2. The van der Waals surface area contributed by atoms with Gasteiger partial charge in [0.15, 0.2) is 23.1 Å². The quantitative estimate of drug-likeness (QED) is 0.286. The first-order valence-electron chi connectivity index (χ1n) is 12.9. The van der Waals surface area contributed by atoms with Gasteiger partial charge in [-0.2, -0.15) is 0 Å². The first-order valence-corrected chi connectivity index (χ1v) is 12.9. The summed E-state index contributed by atoms with van der Waals surface area (Å²) in [4.78, 5) is 57.9. The number of phenolic OH excluding ortho intramolecular Hbond substituents is 2. The monoisotopic (exact) mass is 542 g/mol. The number of benzene rings is 2. The van der Waals surface area contributed by atoms with E-state index in [-0.39, 0.29) is 22.3 Å². The van der Waals surface area contributed by atoms with Crippen molar-refractivity contribution in [1.29, 1.82) is 0 Å². The molecule has 8 atom stereocenters. The number of aryl methyl sites for hydroxylation is 2. The Hall–Kier alpha value is -4.28. The molecule has 8 rings (SSSR count). The van der Waals surface area contributed by atoms with Crippen molar-refractivity contribution in [3.8, 4) is 11.5 Å². The van der Waals surface area contributed by atoms with E-state index >= 15 is 0 Å². The number of rotatable bonds is 0. The molecule has 6 N–H and O–H groups in total. The molecule has 10 heteroatoms. The van der Waals surface area contributed by atoms with Crippen molar-refractivity contribution in [2.75, 3.05) is 0 Å². The van der Waals surface area contributed by atoms with Crippen molar-refractivity contribution in [3.05, 3.63) is 68.8 Å². The lowest BCUT2D eigenvalue weighted by molar-refractivity contribution is -0.142. The van der Waals surface area contributed by atoms with Gasteiger partial charge >= 0.3 is 0 Å². The minimum Gasteiger partial charge on any atom is -0.507 e. The fourth-order valence-electron chi connectivity index (χ4n) is 9.51. The molecule has 0 amide bonds. The Balaban J connectivity index is 1.55. The topological polar surface area (TPSA) is 190 Å². The van der Waals surface area contributed by atoms with Crippen LogP contribution < -0.4 is 0 Å². The summed E-state index contributed by atoms with van der Waals surface area (Å²) in [5, 5.41) is 67.8. The second-order valence-corrected chi connectivity index (χ2v) is 12.0. The fourth-order valence-corrected chi connectivity index (χ4v) is 9.51. The number of Topliss-reactive ketones (excluding diaryl/α,β-unsaturated/α-hetero) is 4. The number of aliphatic hydroxyl groups is 4. The molecule has 40 heavy (non-hydrogen) atoms. The number of allylic oxidation sites excluding steroid dienone is 2. The van der Waals surface area contributed by atoms with Crippen LogP contribution in [0.3, 0.4) is 0 Å². The Morgan fingerprint density at radius 1 is 0.600 bits per heavy atom. The number of aromatic hydroxyl groups is 2. The van der Waals surface area contributed by atoms with Crippen LogP contribution in [0, 0.1) is 48.3 Å². The summed E-state index contributed by atoms with van der Waals surface area (Å²) in [6.45, 7) is 3.19. The first-order chi connectivity index (χ1) is 18.8. The van der Waals surface area contributed by atoms with Crippen LogP contribution in [-0.4, -0.2) is 66.0 Å². The molecule has 4 bridgehead atoms. The third kappa shape index (κ3) is 1.96. The molecule has 0 unspecified atom stereocenters. The highest BCUT2D eigenvalue weighted by molar-refractivity contribution is 6.30. The number of ketones is 4. The first kappa shape index (κ1) is 23.6. The van der Waals surface area contributed by atoms with Crippen LogP contribution in [0.5, 0.6) is 11.5 Å². The summed E-state index contributed by atoms with van der Waals surface area (Å²) in [5.41, 5.74) is -5.58. The third-order valence-electron chi connectivity index (χ3n) is 10.4. The molecule has 4 fully saturated rings. The van der Waals surface area contributed by atoms with Crippen molar-refractivity contribution < 1.29 is 49.8 Å². The number of fused-ring (bicyclic) bond motifs is 4. The van der Waals surface area contributed by atoms with Crippen molar-refractivity contribution in [3.63, 3.8) is 0 Å². The Bertz CT molecular complexity index is 1680. The lowest BCUT2D eigenvalue weighted by Gasteiger charge is -2.53. The number of carbonyl (C=O) groups is 4. The highest BCUT2D eigenvalue weighted by Gasteiger charge is 2.89. The van der Waals surface area contributed by atoms with Crippen molar-refractivity contribution in [2.24, 2.45) is 34.5 Å². The number of hydrogen-bond acceptors (Lipinski definition) is 10. The van der Waals surface area contributed by atoms with Crippen molar-refractivity contribution >= 4 is 34.7 Å². The maximum atomic E-state index is 14.5. The Morgan fingerprint density at radius 3 is 1.30 bits per heavy atom. The van der Waals surface area contributed by atoms with Gasteiger partial charge in [-0.15, -0.1) is 0 Å². The zero-order valence-electron chi connectivity index (χ0n) is 21.1. The maximum Gasteiger partial charge on any atom is 0.175 e.